The Morgan fingerprint density at radius 3 is 2.30 bits per heavy atom. The first-order valence-corrected chi connectivity index (χ1v) is 7.91. The number of aryl methyl sites for hydroxylation is 2. The molecule has 0 saturated heterocycles. The van der Waals surface area contributed by atoms with Crippen LogP contribution in [0.4, 0.5) is 37.5 Å². The molecule has 9 heteroatoms. The second-order valence-electron chi connectivity index (χ2n) is 5.87. The van der Waals surface area contributed by atoms with Crippen molar-refractivity contribution in [3.63, 3.8) is 0 Å². The average Bonchev–Trinajstić information content (AvgIpc) is 2.60. The molecule has 0 aliphatic heterocycles. The van der Waals surface area contributed by atoms with Crippen LogP contribution in [-0.2, 0) is 0 Å². The Morgan fingerprint density at radius 2 is 1.67 bits per heavy atom. The average molecular weight is 371 g/mol. The van der Waals surface area contributed by atoms with Gasteiger partial charge in [-0.25, -0.2) is 18.7 Å². The molecule has 2 aromatic carbocycles. The lowest BCUT2D eigenvalue weighted by atomic mass is 10.1. The van der Waals surface area contributed by atoms with Crippen molar-refractivity contribution < 1.29 is 13.7 Å². The van der Waals surface area contributed by atoms with Gasteiger partial charge in [0.1, 0.15) is 6.33 Å². The smallest absolute Gasteiger partial charge is 0.334 e. The second-order valence-corrected chi connectivity index (χ2v) is 5.87. The molecule has 27 heavy (non-hydrogen) atoms. The van der Waals surface area contributed by atoms with Crippen molar-refractivity contribution in [1.29, 1.82) is 0 Å². The summed E-state index contributed by atoms with van der Waals surface area (Å²) in [6.07, 6.45) is 1.14. The van der Waals surface area contributed by atoms with E-state index in [1.165, 1.54) is 6.07 Å². The van der Waals surface area contributed by atoms with E-state index in [4.69, 9.17) is 0 Å². The van der Waals surface area contributed by atoms with Gasteiger partial charge in [0.25, 0.3) is 0 Å². The van der Waals surface area contributed by atoms with Crippen LogP contribution in [0.3, 0.4) is 0 Å². The van der Waals surface area contributed by atoms with Crippen LogP contribution < -0.4 is 10.6 Å². The molecule has 0 atom stereocenters. The number of rotatable bonds is 5. The molecule has 0 fully saturated rings. The summed E-state index contributed by atoms with van der Waals surface area (Å²) in [5, 5.41) is 17.2. The van der Waals surface area contributed by atoms with E-state index in [1.54, 1.807) is 6.07 Å². The highest BCUT2D eigenvalue weighted by Crippen LogP contribution is 2.33. The van der Waals surface area contributed by atoms with Gasteiger partial charge in [-0.15, -0.1) is 0 Å². The van der Waals surface area contributed by atoms with Crippen LogP contribution in [0.1, 0.15) is 11.1 Å². The molecule has 2 N–H and O–H groups in total. The lowest BCUT2D eigenvalue weighted by Crippen LogP contribution is -2.06. The van der Waals surface area contributed by atoms with E-state index in [2.05, 4.69) is 20.6 Å². The molecular weight excluding hydrogens is 356 g/mol. The fraction of sp³-hybridized carbons (Fsp3) is 0.111. The summed E-state index contributed by atoms with van der Waals surface area (Å²) in [5.74, 6) is -2.26. The number of nitro groups is 1. The van der Waals surface area contributed by atoms with E-state index in [9.17, 15) is 18.9 Å². The van der Waals surface area contributed by atoms with Crippen LogP contribution in [0, 0.1) is 35.6 Å². The summed E-state index contributed by atoms with van der Waals surface area (Å²) in [4.78, 5) is 18.8. The van der Waals surface area contributed by atoms with Gasteiger partial charge in [-0.05, 0) is 37.6 Å². The first-order valence-electron chi connectivity index (χ1n) is 7.91. The van der Waals surface area contributed by atoms with Gasteiger partial charge in [0, 0.05) is 17.4 Å². The standard InChI is InChI=1S/C18H15F2N5O2/c1-10-3-6-15(11(2)7-10)24-18-16(25(26)27)17(21-9-22-18)23-12-4-5-13(19)14(20)8-12/h3-9H,1-2H3,(H2,21,22,23,24). The van der Waals surface area contributed by atoms with Crippen molar-refractivity contribution in [3.8, 4) is 0 Å². The molecule has 0 unspecified atom stereocenters. The van der Waals surface area contributed by atoms with Crippen LogP contribution >= 0.6 is 0 Å². The molecule has 0 aliphatic carbocycles. The zero-order chi connectivity index (χ0) is 19.6. The highest BCUT2D eigenvalue weighted by Gasteiger charge is 2.24. The highest BCUT2D eigenvalue weighted by molar-refractivity contribution is 5.77. The molecule has 0 radical (unpaired) electrons. The van der Waals surface area contributed by atoms with Crippen LogP contribution in [0.15, 0.2) is 42.7 Å². The van der Waals surface area contributed by atoms with Crippen molar-refractivity contribution in [2.45, 2.75) is 13.8 Å². The van der Waals surface area contributed by atoms with Gasteiger partial charge >= 0.3 is 5.69 Å². The fourth-order valence-electron chi connectivity index (χ4n) is 2.53. The van der Waals surface area contributed by atoms with Crippen molar-refractivity contribution in [2.75, 3.05) is 10.6 Å². The molecule has 0 spiro atoms. The van der Waals surface area contributed by atoms with Crippen molar-refractivity contribution >= 4 is 28.7 Å². The van der Waals surface area contributed by atoms with Crippen molar-refractivity contribution in [3.05, 3.63) is 75.6 Å². The molecule has 3 rings (SSSR count). The number of benzene rings is 2. The number of nitrogens with one attached hydrogen (secondary N) is 2. The maximum Gasteiger partial charge on any atom is 0.353 e. The molecule has 0 amide bonds. The number of nitrogens with zero attached hydrogens (tertiary/aromatic N) is 3. The predicted octanol–water partition coefficient (Wildman–Crippen LogP) is 4.77. The van der Waals surface area contributed by atoms with Gasteiger partial charge < -0.3 is 10.6 Å². The molecule has 3 aromatic rings. The molecule has 7 nitrogen and oxygen atoms in total. The molecule has 1 heterocycles. The minimum Gasteiger partial charge on any atom is -0.334 e. The normalized spacial score (nSPS) is 10.5. The maximum atomic E-state index is 13.4. The van der Waals surface area contributed by atoms with Crippen LogP contribution in [-0.4, -0.2) is 14.9 Å². The summed E-state index contributed by atoms with van der Waals surface area (Å²) in [7, 11) is 0. The highest BCUT2D eigenvalue weighted by atomic mass is 19.2. The Hall–Kier alpha value is -3.62. The van der Waals surface area contributed by atoms with Crippen molar-refractivity contribution in [2.24, 2.45) is 0 Å². The summed E-state index contributed by atoms with van der Waals surface area (Å²) in [6, 6.07) is 8.64. The Kier molecular flexibility index (Phi) is 4.93. The number of halogens is 2. The summed E-state index contributed by atoms with van der Waals surface area (Å²) < 4.78 is 26.5. The summed E-state index contributed by atoms with van der Waals surface area (Å²) >= 11 is 0. The maximum absolute atomic E-state index is 13.4. The lowest BCUT2D eigenvalue weighted by molar-refractivity contribution is -0.383. The number of aromatic nitrogens is 2. The van der Waals surface area contributed by atoms with Crippen molar-refractivity contribution in [1.82, 2.24) is 9.97 Å². The first-order chi connectivity index (χ1) is 12.8. The van der Waals surface area contributed by atoms with Gasteiger partial charge in [-0.1, -0.05) is 17.7 Å². The molecule has 1 aromatic heterocycles. The minimum atomic E-state index is -1.08. The van der Waals surface area contributed by atoms with E-state index in [-0.39, 0.29) is 17.3 Å². The third kappa shape index (κ3) is 3.97. The van der Waals surface area contributed by atoms with E-state index >= 15 is 0 Å². The van der Waals surface area contributed by atoms with Gasteiger partial charge in [0.2, 0.25) is 11.6 Å². The molecule has 0 aliphatic rings. The van der Waals surface area contributed by atoms with Gasteiger partial charge in [-0.2, -0.15) is 0 Å². The zero-order valence-electron chi connectivity index (χ0n) is 14.5. The molecule has 0 saturated carbocycles. The van der Waals surface area contributed by atoms with Crippen LogP contribution in [0.5, 0.6) is 0 Å². The topological polar surface area (TPSA) is 93.0 Å². The Labute approximate surface area is 153 Å². The molecular formula is C18H15F2N5O2. The van der Waals surface area contributed by atoms with Gasteiger partial charge in [-0.3, -0.25) is 10.1 Å². The quantitative estimate of drug-likeness (QED) is 0.496. The third-order valence-corrected chi connectivity index (χ3v) is 3.82. The summed E-state index contributed by atoms with van der Waals surface area (Å²) in [6.45, 7) is 3.80. The van der Waals surface area contributed by atoms with E-state index in [1.807, 2.05) is 26.0 Å². The van der Waals surface area contributed by atoms with Crippen LogP contribution in [0.2, 0.25) is 0 Å². The fourth-order valence-corrected chi connectivity index (χ4v) is 2.53. The Bertz CT molecular complexity index is 1030. The van der Waals surface area contributed by atoms with E-state index in [0.29, 0.717) is 5.69 Å². The number of anilines is 4. The van der Waals surface area contributed by atoms with E-state index in [0.717, 1.165) is 29.6 Å². The lowest BCUT2D eigenvalue weighted by Gasteiger charge is -2.12. The van der Waals surface area contributed by atoms with Crippen LogP contribution in [0.25, 0.3) is 0 Å². The minimum absolute atomic E-state index is 0.0213. The van der Waals surface area contributed by atoms with E-state index < -0.39 is 22.2 Å². The first kappa shape index (κ1) is 18.2. The van der Waals surface area contributed by atoms with Gasteiger partial charge in [0.15, 0.2) is 11.6 Å². The third-order valence-electron chi connectivity index (χ3n) is 3.82. The monoisotopic (exact) mass is 371 g/mol. The second kappa shape index (κ2) is 7.32. The number of hydrogen-bond donors (Lipinski definition) is 2. The summed E-state index contributed by atoms with van der Waals surface area (Å²) in [5.41, 5.74) is 2.30. The number of hydrogen-bond acceptors (Lipinski definition) is 6. The SMILES string of the molecule is Cc1ccc(Nc2ncnc(Nc3ccc(F)c(F)c3)c2[N+](=O)[O-])c(C)c1. The molecule has 0 bridgehead atoms. The largest absolute Gasteiger partial charge is 0.353 e. The molecule has 138 valence electrons. The Balaban J connectivity index is 1.99. The Morgan fingerprint density at radius 1 is 0.963 bits per heavy atom. The van der Waals surface area contributed by atoms with Gasteiger partial charge in [0.05, 0.1) is 4.92 Å². The zero-order valence-corrected chi connectivity index (χ0v) is 14.5. The predicted molar refractivity (Wildman–Crippen MR) is 97.5 cm³/mol.